The lowest BCUT2D eigenvalue weighted by atomic mass is 9.99. The number of fused-ring (bicyclic) bond motifs is 6. The first-order valence-electron chi connectivity index (χ1n) is 19.2. The van der Waals surface area contributed by atoms with Gasteiger partial charge in [-0.3, -0.25) is 0 Å². The van der Waals surface area contributed by atoms with E-state index in [1.165, 1.54) is 47.6 Å². The highest BCUT2D eigenvalue weighted by Crippen LogP contribution is 2.41. The highest BCUT2D eigenvalue weighted by Gasteiger charge is 2.21. The van der Waals surface area contributed by atoms with Crippen molar-refractivity contribution in [3.63, 3.8) is 0 Å². The van der Waals surface area contributed by atoms with Crippen LogP contribution in [0.15, 0.2) is 188 Å². The van der Waals surface area contributed by atoms with E-state index in [9.17, 15) is 0 Å². The van der Waals surface area contributed by atoms with Gasteiger partial charge < -0.3 is 4.57 Å². The number of rotatable bonds is 6. The third kappa shape index (κ3) is 5.79. The predicted molar refractivity (Wildman–Crippen MR) is 239 cm³/mol. The molecule has 4 nitrogen and oxygen atoms in total. The second-order valence-electron chi connectivity index (χ2n) is 14.5. The summed E-state index contributed by atoms with van der Waals surface area (Å²) in [5.74, 6) is 1.87. The molecule has 0 radical (unpaired) electrons. The molecular formula is C52H34N4S. The van der Waals surface area contributed by atoms with Crippen molar-refractivity contribution in [2.24, 2.45) is 0 Å². The maximum absolute atomic E-state index is 5.29. The molecule has 0 bridgehead atoms. The summed E-state index contributed by atoms with van der Waals surface area (Å²) in [5.41, 5.74) is 11.9. The molecule has 3 heterocycles. The Hall–Kier alpha value is -7.21. The average Bonchev–Trinajstić information content (AvgIpc) is 3.81. The quantitative estimate of drug-likeness (QED) is 0.170. The van der Waals surface area contributed by atoms with Crippen LogP contribution in [0.25, 0.3) is 104 Å². The molecule has 0 amide bonds. The Labute approximate surface area is 334 Å². The number of aryl methyl sites for hydroxylation is 1. The maximum Gasteiger partial charge on any atom is 0.166 e. The van der Waals surface area contributed by atoms with Crippen LogP contribution in [-0.2, 0) is 0 Å². The fraction of sp³-hybridized carbons (Fsp3) is 0.0192. The summed E-state index contributed by atoms with van der Waals surface area (Å²) in [6.07, 6.45) is 0. The Morgan fingerprint density at radius 3 is 1.70 bits per heavy atom. The maximum atomic E-state index is 5.29. The van der Waals surface area contributed by atoms with Crippen molar-refractivity contribution in [1.82, 2.24) is 19.5 Å². The summed E-state index contributed by atoms with van der Waals surface area (Å²) in [6.45, 7) is 2.15. The summed E-state index contributed by atoms with van der Waals surface area (Å²) in [4.78, 5) is 15.6. The molecule has 0 fully saturated rings. The third-order valence-electron chi connectivity index (χ3n) is 10.9. The second-order valence-corrected chi connectivity index (χ2v) is 15.6. The monoisotopic (exact) mass is 746 g/mol. The lowest BCUT2D eigenvalue weighted by Gasteiger charge is -2.17. The van der Waals surface area contributed by atoms with Gasteiger partial charge >= 0.3 is 0 Å². The van der Waals surface area contributed by atoms with Crippen LogP contribution in [0.2, 0.25) is 0 Å². The molecule has 5 heteroatoms. The average molecular weight is 747 g/mol. The van der Waals surface area contributed by atoms with Crippen molar-refractivity contribution in [2.75, 3.05) is 0 Å². The molecule has 0 spiro atoms. The van der Waals surface area contributed by atoms with E-state index in [0.29, 0.717) is 17.5 Å². The van der Waals surface area contributed by atoms with Crippen molar-refractivity contribution < 1.29 is 0 Å². The van der Waals surface area contributed by atoms with E-state index in [1.807, 2.05) is 47.7 Å². The normalized spacial score (nSPS) is 11.6. The number of nitrogens with zero attached hydrogens (tertiary/aromatic N) is 4. The first-order chi connectivity index (χ1) is 28.1. The van der Waals surface area contributed by atoms with Crippen molar-refractivity contribution in [1.29, 1.82) is 0 Å². The molecule has 0 aliphatic carbocycles. The second kappa shape index (κ2) is 13.5. The lowest BCUT2D eigenvalue weighted by Crippen LogP contribution is -2.04. The van der Waals surface area contributed by atoms with E-state index in [0.717, 1.165) is 44.5 Å². The Kier molecular flexibility index (Phi) is 7.86. The molecule has 268 valence electrons. The van der Waals surface area contributed by atoms with Gasteiger partial charge in [-0.25, -0.2) is 15.0 Å². The smallest absolute Gasteiger partial charge is 0.166 e. The van der Waals surface area contributed by atoms with E-state index in [2.05, 4.69) is 163 Å². The minimum atomic E-state index is 0.613. The van der Waals surface area contributed by atoms with E-state index < -0.39 is 0 Å². The Bertz CT molecular complexity index is 3250. The molecule has 8 aromatic carbocycles. The lowest BCUT2D eigenvalue weighted by molar-refractivity contribution is 1.06. The number of hydrogen-bond donors (Lipinski definition) is 0. The molecule has 0 unspecified atom stereocenters. The molecule has 0 aliphatic rings. The van der Waals surface area contributed by atoms with Gasteiger partial charge in [0, 0.05) is 47.6 Å². The Balaban J connectivity index is 1.21. The van der Waals surface area contributed by atoms with Crippen molar-refractivity contribution in [3.05, 3.63) is 194 Å². The molecule has 11 aromatic rings. The SMILES string of the molecule is Cc1cccc(-c2ccc3c4ccccc4n(-c4ccc(-c5ccc6sc7ccccc7c6c5)cc4-c4nc(-c5ccccc5)nc(-c5ccccc5)n4)c3c2)c1. The third-order valence-corrected chi connectivity index (χ3v) is 12.1. The minimum Gasteiger partial charge on any atom is -0.308 e. The van der Waals surface area contributed by atoms with Gasteiger partial charge in [0.15, 0.2) is 17.5 Å². The van der Waals surface area contributed by atoms with Gasteiger partial charge in [-0.15, -0.1) is 11.3 Å². The molecule has 0 atom stereocenters. The number of para-hydroxylation sites is 1. The fourth-order valence-corrected chi connectivity index (χ4v) is 9.25. The van der Waals surface area contributed by atoms with Crippen LogP contribution in [0.3, 0.4) is 0 Å². The van der Waals surface area contributed by atoms with Crippen LogP contribution >= 0.6 is 11.3 Å². The molecular weight excluding hydrogens is 713 g/mol. The minimum absolute atomic E-state index is 0.613. The molecule has 57 heavy (non-hydrogen) atoms. The van der Waals surface area contributed by atoms with Crippen LogP contribution in [0.5, 0.6) is 0 Å². The fourth-order valence-electron chi connectivity index (χ4n) is 8.16. The Morgan fingerprint density at radius 2 is 0.930 bits per heavy atom. The van der Waals surface area contributed by atoms with E-state index in [1.54, 1.807) is 0 Å². The van der Waals surface area contributed by atoms with Crippen LogP contribution in [0.4, 0.5) is 0 Å². The van der Waals surface area contributed by atoms with E-state index >= 15 is 0 Å². The number of hydrogen-bond acceptors (Lipinski definition) is 4. The van der Waals surface area contributed by atoms with Gasteiger partial charge in [-0.05, 0) is 71.6 Å². The first-order valence-corrected chi connectivity index (χ1v) is 20.0. The van der Waals surface area contributed by atoms with Gasteiger partial charge in [0.25, 0.3) is 0 Å². The first kappa shape index (κ1) is 33.2. The van der Waals surface area contributed by atoms with Gasteiger partial charge in [-0.1, -0.05) is 151 Å². The molecule has 0 saturated heterocycles. The Morgan fingerprint density at radius 1 is 0.368 bits per heavy atom. The number of thiophene rings is 1. The number of benzene rings is 8. The molecule has 11 rings (SSSR count). The summed E-state index contributed by atoms with van der Waals surface area (Å²) >= 11 is 1.84. The van der Waals surface area contributed by atoms with E-state index in [4.69, 9.17) is 15.0 Å². The van der Waals surface area contributed by atoms with Crippen molar-refractivity contribution in [3.8, 4) is 62.1 Å². The summed E-state index contributed by atoms with van der Waals surface area (Å²) in [6, 6.07) is 66.9. The zero-order chi connectivity index (χ0) is 37.9. The van der Waals surface area contributed by atoms with Crippen LogP contribution in [0, 0.1) is 6.92 Å². The standard InChI is InChI=1S/C52H34N4S/c1-33-13-12-18-36(29-33)39-23-26-41-40-19-8-10-21-45(40)56(47(41)32-39)46-27-24-37(38-25-28-49-43(30-38)42-20-9-11-22-48(42)57-49)31-44(46)52-54-50(34-14-4-2-5-15-34)53-51(55-52)35-16-6-3-7-17-35/h2-32H,1H3. The zero-order valence-electron chi connectivity index (χ0n) is 31.1. The van der Waals surface area contributed by atoms with E-state index in [-0.39, 0.29) is 0 Å². The molecule has 3 aromatic heterocycles. The summed E-state index contributed by atoms with van der Waals surface area (Å²) in [5, 5.41) is 4.93. The summed E-state index contributed by atoms with van der Waals surface area (Å²) in [7, 11) is 0. The molecule has 0 N–H and O–H groups in total. The van der Waals surface area contributed by atoms with Crippen LogP contribution < -0.4 is 0 Å². The van der Waals surface area contributed by atoms with Crippen molar-refractivity contribution >= 4 is 53.3 Å². The van der Waals surface area contributed by atoms with Gasteiger partial charge in [-0.2, -0.15) is 0 Å². The largest absolute Gasteiger partial charge is 0.308 e. The molecule has 0 saturated carbocycles. The van der Waals surface area contributed by atoms with Gasteiger partial charge in [0.2, 0.25) is 0 Å². The molecule has 0 aliphatic heterocycles. The summed E-state index contributed by atoms with van der Waals surface area (Å²) < 4.78 is 4.97. The van der Waals surface area contributed by atoms with Gasteiger partial charge in [0.05, 0.1) is 16.7 Å². The van der Waals surface area contributed by atoms with Crippen molar-refractivity contribution in [2.45, 2.75) is 6.92 Å². The van der Waals surface area contributed by atoms with Crippen LogP contribution in [-0.4, -0.2) is 19.5 Å². The highest BCUT2D eigenvalue weighted by atomic mass is 32.1. The van der Waals surface area contributed by atoms with Crippen LogP contribution in [0.1, 0.15) is 5.56 Å². The number of aromatic nitrogens is 4. The van der Waals surface area contributed by atoms with Gasteiger partial charge in [0.1, 0.15) is 0 Å². The predicted octanol–water partition coefficient (Wildman–Crippen LogP) is 14.0. The topological polar surface area (TPSA) is 43.6 Å². The zero-order valence-corrected chi connectivity index (χ0v) is 31.9. The highest BCUT2D eigenvalue weighted by molar-refractivity contribution is 7.25.